The van der Waals surface area contributed by atoms with Gasteiger partial charge in [-0.25, -0.2) is 0 Å². The zero-order chi connectivity index (χ0) is 13.7. The van der Waals surface area contributed by atoms with E-state index in [2.05, 4.69) is 5.32 Å². The summed E-state index contributed by atoms with van der Waals surface area (Å²) in [6.07, 6.45) is 5.39. The standard InChI is InChI=1S/C15H23NO3/c1-17-13-8-12(9-14(18-2)15(13)19-3)16-10-11-6-4-5-7-11/h8-9,11,16H,4-7,10H2,1-3H3. The van der Waals surface area contributed by atoms with E-state index >= 15 is 0 Å². The Morgan fingerprint density at radius 3 is 2.05 bits per heavy atom. The molecular weight excluding hydrogens is 242 g/mol. The molecule has 0 heterocycles. The van der Waals surface area contributed by atoms with Crippen LogP contribution in [0.2, 0.25) is 0 Å². The van der Waals surface area contributed by atoms with Crippen molar-refractivity contribution in [1.29, 1.82) is 0 Å². The van der Waals surface area contributed by atoms with Crippen LogP contribution in [0.4, 0.5) is 5.69 Å². The largest absolute Gasteiger partial charge is 0.493 e. The van der Waals surface area contributed by atoms with Crippen molar-refractivity contribution in [2.45, 2.75) is 25.7 Å². The monoisotopic (exact) mass is 265 g/mol. The molecule has 0 bridgehead atoms. The fraction of sp³-hybridized carbons (Fsp3) is 0.600. The van der Waals surface area contributed by atoms with Gasteiger partial charge < -0.3 is 19.5 Å². The summed E-state index contributed by atoms with van der Waals surface area (Å²) in [5.74, 6) is 2.81. The SMILES string of the molecule is COc1cc(NCC2CCCC2)cc(OC)c1OC. The third-order valence-corrected chi connectivity index (χ3v) is 3.73. The zero-order valence-corrected chi connectivity index (χ0v) is 12.0. The lowest BCUT2D eigenvalue weighted by Gasteiger charge is -2.16. The third kappa shape index (κ3) is 3.25. The molecule has 1 aliphatic carbocycles. The molecular formula is C15H23NO3. The summed E-state index contributed by atoms with van der Waals surface area (Å²) in [5.41, 5.74) is 1.02. The first-order chi connectivity index (χ1) is 9.28. The Labute approximate surface area is 115 Å². The maximum absolute atomic E-state index is 5.35. The second kappa shape index (κ2) is 6.55. The smallest absolute Gasteiger partial charge is 0.203 e. The first-order valence-corrected chi connectivity index (χ1v) is 6.82. The van der Waals surface area contributed by atoms with Crippen LogP contribution in [0.25, 0.3) is 0 Å². The van der Waals surface area contributed by atoms with Crippen molar-refractivity contribution in [2.75, 3.05) is 33.2 Å². The fourth-order valence-electron chi connectivity index (χ4n) is 2.66. The van der Waals surface area contributed by atoms with Crippen LogP contribution in [0.1, 0.15) is 25.7 Å². The van der Waals surface area contributed by atoms with E-state index in [-0.39, 0.29) is 0 Å². The Kier molecular flexibility index (Phi) is 4.77. The minimum absolute atomic E-state index is 0.636. The Hall–Kier alpha value is -1.58. The van der Waals surface area contributed by atoms with Gasteiger partial charge in [0.25, 0.3) is 0 Å². The highest BCUT2D eigenvalue weighted by molar-refractivity contribution is 5.62. The molecule has 4 heteroatoms. The minimum Gasteiger partial charge on any atom is -0.493 e. The molecule has 0 saturated heterocycles. The molecule has 0 unspecified atom stereocenters. The molecule has 106 valence electrons. The van der Waals surface area contributed by atoms with Crippen molar-refractivity contribution in [3.63, 3.8) is 0 Å². The van der Waals surface area contributed by atoms with Crippen LogP contribution in [0.3, 0.4) is 0 Å². The Balaban J connectivity index is 2.11. The van der Waals surface area contributed by atoms with E-state index < -0.39 is 0 Å². The normalized spacial score (nSPS) is 15.3. The van der Waals surface area contributed by atoms with Gasteiger partial charge in [-0.15, -0.1) is 0 Å². The van der Waals surface area contributed by atoms with E-state index in [0.717, 1.165) is 18.2 Å². The Morgan fingerprint density at radius 1 is 1.00 bits per heavy atom. The summed E-state index contributed by atoms with van der Waals surface area (Å²) in [6, 6.07) is 3.91. The lowest BCUT2D eigenvalue weighted by Crippen LogP contribution is -2.11. The maximum atomic E-state index is 5.35. The van der Waals surface area contributed by atoms with Crippen molar-refractivity contribution < 1.29 is 14.2 Å². The van der Waals surface area contributed by atoms with Gasteiger partial charge in [0.2, 0.25) is 5.75 Å². The second-order valence-electron chi connectivity index (χ2n) is 4.95. The summed E-state index contributed by atoms with van der Waals surface area (Å²) in [6.45, 7) is 1.01. The molecule has 0 amide bonds. The Morgan fingerprint density at radius 2 is 1.58 bits per heavy atom. The number of nitrogens with one attached hydrogen (secondary N) is 1. The molecule has 1 aromatic carbocycles. The van der Waals surface area contributed by atoms with E-state index in [9.17, 15) is 0 Å². The highest BCUT2D eigenvalue weighted by Gasteiger charge is 2.16. The highest BCUT2D eigenvalue weighted by atomic mass is 16.5. The van der Waals surface area contributed by atoms with Crippen molar-refractivity contribution in [1.82, 2.24) is 0 Å². The number of methoxy groups -OCH3 is 3. The predicted octanol–water partition coefficient (Wildman–Crippen LogP) is 3.31. The number of anilines is 1. The van der Waals surface area contributed by atoms with Crippen LogP contribution in [-0.2, 0) is 0 Å². The van der Waals surface area contributed by atoms with Crippen LogP contribution in [-0.4, -0.2) is 27.9 Å². The van der Waals surface area contributed by atoms with Crippen molar-refractivity contribution in [2.24, 2.45) is 5.92 Å². The van der Waals surface area contributed by atoms with Gasteiger partial charge in [-0.05, 0) is 18.8 Å². The molecule has 19 heavy (non-hydrogen) atoms. The number of ether oxygens (including phenoxy) is 3. The van der Waals surface area contributed by atoms with Gasteiger partial charge in [0.15, 0.2) is 11.5 Å². The number of hydrogen-bond donors (Lipinski definition) is 1. The first kappa shape index (κ1) is 13.8. The first-order valence-electron chi connectivity index (χ1n) is 6.82. The van der Waals surface area contributed by atoms with E-state index in [1.54, 1.807) is 21.3 Å². The van der Waals surface area contributed by atoms with E-state index in [4.69, 9.17) is 14.2 Å². The van der Waals surface area contributed by atoms with Gasteiger partial charge >= 0.3 is 0 Å². The molecule has 0 aliphatic heterocycles. The topological polar surface area (TPSA) is 39.7 Å². The summed E-state index contributed by atoms with van der Waals surface area (Å²) >= 11 is 0. The Bertz CT molecular complexity index is 389. The molecule has 1 aliphatic rings. The molecule has 0 radical (unpaired) electrons. The predicted molar refractivity (Wildman–Crippen MR) is 76.5 cm³/mol. The summed E-state index contributed by atoms with van der Waals surface area (Å²) in [4.78, 5) is 0. The molecule has 4 nitrogen and oxygen atoms in total. The number of rotatable bonds is 6. The van der Waals surface area contributed by atoms with Gasteiger partial charge in [-0.3, -0.25) is 0 Å². The van der Waals surface area contributed by atoms with Crippen LogP contribution in [0.15, 0.2) is 12.1 Å². The third-order valence-electron chi connectivity index (χ3n) is 3.73. The molecule has 1 fully saturated rings. The summed E-state index contributed by atoms with van der Waals surface area (Å²) < 4.78 is 16.0. The quantitative estimate of drug-likeness (QED) is 0.856. The summed E-state index contributed by atoms with van der Waals surface area (Å²) in [7, 11) is 4.89. The average molecular weight is 265 g/mol. The molecule has 2 rings (SSSR count). The van der Waals surface area contributed by atoms with Gasteiger partial charge in [-0.1, -0.05) is 12.8 Å². The van der Waals surface area contributed by atoms with Crippen LogP contribution < -0.4 is 19.5 Å². The fourth-order valence-corrected chi connectivity index (χ4v) is 2.66. The van der Waals surface area contributed by atoms with Crippen LogP contribution >= 0.6 is 0 Å². The highest BCUT2D eigenvalue weighted by Crippen LogP contribution is 2.40. The van der Waals surface area contributed by atoms with E-state index in [1.165, 1.54) is 25.7 Å². The minimum atomic E-state index is 0.636. The van der Waals surface area contributed by atoms with E-state index in [1.807, 2.05) is 12.1 Å². The molecule has 0 aromatic heterocycles. The van der Waals surface area contributed by atoms with Crippen LogP contribution in [0.5, 0.6) is 17.2 Å². The molecule has 1 saturated carbocycles. The van der Waals surface area contributed by atoms with Gasteiger partial charge in [0.05, 0.1) is 21.3 Å². The van der Waals surface area contributed by atoms with Crippen molar-refractivity contribution in [3.8, 4) is 17.2 Å². The summed E-state index contributed by atoms with van der Waals surface area (Å²) in [5, 5.41) is 3.47. The maximum Gasteiger partial charge on any atom is 0.203 e. The van der Waals surface area contributed by atoms with Crippen molar-refractivity contribution >= 4 is 5.69 Å². The zero-order valence-electron chi connectivity index (χ0n) is 12.0. The number of hydrogen-bond acceptors (Lipinski definition) is 4. The molecule has 1 aromatic rings. The molecule has 0 spiro atoms. The lowest BCUT2D eigenvalue weighted by molar-refractivity contribution is 0.324. The molecule has 0 atom stereocenters. The second-order valence-corrected chi connectivity index (χ2v) is 4.95. The van der Waals surface area contributed by atoms with E-state index in [0.29, 0.717) is 17.2 Å². The van der Waals surface area contributed by atoms with Gasteiger partial charge in [-0.2, -0.15) is 0 Å². The molecule has 1 N–H and O–H groups in total. The van der Waals surface area contributed by atoms with Gasteiger partial charge in [0, 0.05) is 24.4 Å². The average Bonchev–Trinajstić information content (AvgIpc) is 2.97. The van der Waals surface area contributed by atoms with Crippen molar-refractivity contribution in [3.05, 3.63) is 12.1 Å². The lowest BCUT2D eigenvalue weighted by atomic mass is 10.1. The van der Waals surface area contributed by atoms with Gasteiger partial charge in [0.1, 0.15) is 0 Å². The number of benzene rings is 1. The van der Waals surface area contributed by atoms with Crippen LogP contribution in [0, 0.1) is 5.92 Å².